The summed E-state index contributed by atoms with van der Waals surface area (Å²) in [6, 6.07) is 0. The van der Waals surface area contributed by atoms with Gasteiger partial charge < -0.3 is 0 Å². The SMILES string of the molecule is CC(Br)CCN(C)S(=O)(=O)C(C)C. The van der Waals surface area contributed by atoms with Crippen LogP contribution in [0.3, 0.4) is 0 Å². The number of nitrogens with zero attached hydrogens (tertiary/aromatic N) is 1. The average Bonchev–Trinajstić information content (AvgIpc) is 1.99. The second-order valence-electron chi connectivity index (χ2n) is 3.48. The summed E-state index contributed by atoms with van der Waals surface area (Å²) in [5.41, 5.74) is 0. The second-order valence-corrected chi connectivity index (χ2v) is 7.64. The van der Waals surface area contributed by atoms with Crippen LogP contribution in [0, 0.1) is 0 Å². The molecule has 0 saturated heterocycles. The Morgan fingerprint density at radius 1 is 1.31 bits per heavy atom. The number of hydrogen-bond donors (Lipinski definition) is 0. The Labute approximate surface area is 89.7 Å². The zero-order chi connectivity index (χ0) is 10.6. The van der Waals surface area contributed by atoms with Crippen LogP contribution in [-0.4, -0.2) is 36.4 Å². The van der Waals surface area contributed by atoms with Gasteiger partial charge in [-0.25, -0.2) is 12.7 Å². The van der Waals surface area contributed by atoms with Crippen molar-refractivity contribution in [2.45, 2.75) is 37.3 Å². The molecule has 0 aliphatic carbocycles. The Morgan fingerprint density at radius 2 is 1.77 bits per heavy atom. The van der Waals surface area contributed by atoms with Gasteiger partial charge in [0, 0.05) is 18.4 Å². The summed E-state index contributed by atoms with van der Waals surface area (Å²) in [4.78, 5) is 0.359. The fourth-order valence-electron chi connectivity index (χ4n) is 0.847. The van der Waals surface area contributed by atoms with Gasteiger partial charge in [0.15, 0.2) is 0 Å². The predicted octanol–water partition coefficient (Wildman–Crippen LogP) is 1.83. The lowest BCUT2D eigenvalue weighted by molar-refractivity contribution is 0.455. The van der Waals surface area contributed by atoms with E-state index in [9.17, 15) is 8.42 Å². The zero-order valence-electron chi connectivity index (χ0n) is 8.62. The summed E-state index contributed by atoms with van der Waals surface area (Å²) in [5, 5.41) is -0.330. The standard InChI is InChI=1S/C8H18BrNO2S/c1-7(2)13(11,12)10(4)6-5-8(3)9/h7-8H,5-6H2,1-4H3. The van der Waals surface area contributed by atoms with Crippen molar-refractivity contribution >= 4 is 26.0 Å². The van der Waals surface area contributed by atoms with Gasteiger partial charge in [-0.05, 0) is 20.3 Å². The minimum Gasteiger partial charge on any atom is -0.212 e. The van der Waals surface area contributed by atoms with E-state index in [0.29, 0.717) is 11.4 Å². The van der Waals surface area contributed by atoms with Crippen LogP contribution < -0.4 is 0 Å². The number of sulfonamides is 1. The molecule has 1 atom stereocenters. The highest BCUT2D eigenvalue weighted by atomic mass is 79.9. The lowest BCUT2D eigenvalue weighted by atomic mass is 10.3. The molecular weight excluding hydrogens is 254 g/mol. The molecule has 0 spiro atoms. The van der Waals surface area contributed by atoms with Gasteiger partial charge in [0.05, 0.1) is 5.25 Å². The summed E-state index contributed by atoms with van der Waals surface area (Å²) < 4.78 is 24.5. The molecule has 0 N–H and O–H groups in total. The van der Waals surface area contributed by atoms with Crippen molar-refractivity contribution in [2.75, 3.05) is 13.6 Å². The molecule has 0 heterocycles. The van der Waals surface area contributed by atoms with Crippen LogP contribution in [-0.2, 0) is 10.0 Å². The number of hydrogen-bond acceptors (Lipinski definition) is 2. The summed E-state index contributed by atoms with van der Waals surface area (Å²) in [6.07, 6.45) is 0.836. The third-order valence-electron chi connectivity index (χ3n) is 1.87. The fourth-order valence-corrected chi connectivity index (χ4v) is 2.13. The van der Waals surface area contributed by atoms with Crippen LogP contribution in [0.4, 0.5) is 0 Å². The summed E-state index contributed by atoms with van der Waals surface area (Å²) in [5.74, 6) is 0. The highest BCUT2D eigenvalue weighted by molar-refractivity contribution is 9.09. The lowest BCUT2D eigenvalue weighted by Gasteiger charge is -2.19. The van der Waals surface area contributed by atoms with Crippen LogP contribution in [0.5, 0.6) is 0 Å². The van der Waals surface area contributed by atoms with Gasteiger partial charge >= 0.3 is 0 Å². The van der Waals surface area contributed by atoms with Gasteiger partial charge in [-0.1, -0.05) is 22.9 Å². The van der Waals surface area contributed by atoms with Gasteiger partial charge in [0.2, 0.25) is 10.0 Å². The summed E-state index contributed by atoms with van der Waals surface area (Å²) in [6.45, 7) is 5.98. The average molecular weight is 272 g/mol. The van der Waals surface area contributed by atoms with Crippen molar-refractivity contribution in [1.82, 2.24) is 4.31 Å². The summed E-state index contributed by atoms with van der Waals surface area (Å²) >= 11 is 3.39. The highest BCUT2D eigenvalue weighted by Crippen LogP contribution is 2.09. The molecule has 5 heteroatoms. The molecule has 13 heavy (non-hydrogen) atoms. The Bertz CT molecular complexity index is 237. The van der Waals surface area contributed by atoms with Gasteiger partial charge in [0.1, 0.15) is 0 Å². The van der Waals surface area contributed by atoms with E-state index in [0.717, 1.165) is 6.42 Å². The maximum atomic E-state index is 11.6. The first-order valence-corrected chi connectivity index (χ1v) is 6.79. The van der Waals surface area contributed by atoms with Crippen molar-refractivity contribution < 1.29 is 8.42 Å². The minimum atomic E-state index is -3.06. The largest absolute Gasteiger partial charge is 0.216 e. The Kier molecular flexibility index (Phi) is 5.47. The van der Waals surface area contributed by atoms with Gasteiger partial charge in [-0.3, -0.25) is 0 Å². The highest BCUT2D eigenvalue weighted by Gasteiger charge is 2.21. The molecule has 0 aliphatic rings. The number of alkyl halides is 1. The van der Waals surface area contributed by atoms with Gasteiger partial charge in [-0.2, -0.15) is 0 Å². The van der Waals surface area contributed by atoms with Gasteiger partial charge in [0.25, 0.3) is 0 Å². The van der Waals surface area contributed by atoms with Crippen molar-refractivity contribution in [3.05, 3.63) is 0 Å². The van der Waals surface area contributed by atoms with Crippen molar-refractivity contribution in [1.29, 1.82) is 0 Å². The van der Waals surface area contributed by atoms with E-state index in [1.807, 2.05) is 6.92 Å². The zero-order valence-corrected chi connectivity index (χ0v) is 11.0. The van der Waals surface area contributed by atoms with Crippen LogP contribution in [0.1, 0.15) is 27.2 Å². The van der Waals surface area contributed by atoms with Crippen LogP contribution in [0.15, 0.2) is 0 Å². The molecule has 0 bridgehead atoms. The molecule has 3 nitrogen and oxygen atoms in total. The van der Waals surface area contributed by atoms with Crippen molar-refractivity contribution in [2.24, 2.45) is 0 Å². The molecule has 80 valence electrons. The van der Waals surface area contributed by atoms with Crippen LogP contribution in [0.25, 0.3) is 0 Å². The van der Waals surface area contributed by atoms with E-state index in [-0.39, 0.29) is 5.25 Å². The second kappa shape index (κ2) is 5.32. The topological polar surface area (TPSA) is 37.4 Å². The molecule has 0 aliphatic heterocycles. The van der Waals surface area contributed by atoms with E-state index in [1.54, 1.807) is 20.9 Å². The first-order chi connectivity index (χ1) is 5.78. The molecule has 0 saturated carbocycles. The van der Waals surface area contributed by atoms with E-state index in [1.165, 1.54) is 4.31 Å². The van der Waals surface area contributed by atoms with Crippen molar-refractivity contribution in [3.63, 3.8) is 0 Å². The molecule has 0 aromatic heterocycles. The molecule has 0 aromatic rings. The Balaban J connectivity index is 4.19. The fraction of sp³-hybridized carbons (Fsp3) is 1.00. The normalized spacial score (nSPS) is 15.3. The Hall–Kier alpha value is 0.390. The molecule has 0 aromatic carbocycles. The minimum absolute atomic E-state index is 0.330. The maximum Gasteiger partial charge on any atom is 0.216 e. The first kappa shape index (κ1) is 13.4. The smallest absolute Gasteiger partial charge is 0.212 e. The lowest BCUT2D eigenvalue weighted by Crippen LogP contribution is -2.34. The van der Waals surface area contributed by atoms with Gasteiger partial charge in [-0.15, -0.1) is 0 Å². The number of rotatable bonds is 5. The molecule has 1 unspecified atom stereocenters. The monoisotopic (exact) mass is 271 g/mol. The molecular formula is C8H18BrNO2S. The van der Waals surface area contributed by atoms with E-state index in [4.69, 9.17) is 0 Å². The predicted molar refractivity (Wildman–Crippen MR) is 59.7 cm³/mol. The third kappa shape index (κ3) is 4.42. The van der Waals surface area contributed by atoms with Crippen LogP contribution >= 0.6 is 15.9 Å². The van der Waals surface area contributed by atoms with Crippen LogP contribution in [0.2, 0.25) is 0 Å². The van der Waals surface area contributed by atoms with E-state index in [2.05, 4.69) is 15.9 Å². The van der Waals surface area contributed by atoms with Crippen molar-refractivity contribution in [3.8, 4) is 0 Å². The molecule has 0 fully saturated rings. The number of halogens is 1. The molecule has 0 radical (unpaired) electrons. The van der Waals surface area contributed by atoms with E-state index < -0.39 is 10.0 Å². The Morgan fingerprint density at radius 3 is 2.08 bits per heavy atom. The van der Waals surface area contributed by atoms with E-state index >= 15 is 0 Å². The molecule has 0 rings (SSSR count). The first-order valence-electron chi connectivity index (χ1n) is 4.37. The molecule has 0 amide bonds. The third-order valence-corrected chi connectivity index (χ3v) is 4.57. The summed E-state index contributed by atoms with van der Waals surface area (Å²) in [7, 11) is -1.43. The quantitative estimate of drug-likeness (QED) is 0.716. The maximum absolute atomic E-state index is 11.6.